The molecule has 0 spiro atoms. The van der Waals surface area contributed by atoms with E-state index in [-0.39, 0.29) is 23.2 Å². The molecular formula is C17H20F3N3O2. The summed E-state index contributed by atoms with van der Waals surface area (Å²) in [5.74, 6) is 0.653. The minimum Gasteiger partial charge on any atom is -0.342 e. The lowest BCUT2D eigenvalue weighted by Crippen LogP contribution is -2.34. The monoisotopic (exact) mass is 355 g/mol. The van der Waals surface area contributed by atoms with Gasteiger partial charge in [-0.2, -0.15) is 18.2 Å². The fourth-order valence-corrected chi connectivity index (χ4v) is 2.36. The Labute approximate surface area is 143 Å². The number of hydrogen-bond acceptors (Lipinski definition) is 4. The Hall–Kier alpha value is -2.38. The second-order valence-corrected chi connectivity index (χ2v) is 6.20. The van der Waals surface area contributed by atoms with Gasteiger partial charge in [0.2, 0.25) is 17.6 Å². The zero-order valence-electron chi connectivity index (χ0n) is 14.3. The van der Waals surface area contributed by atoms with Crippen molar-refractivity contribution in [1.29, 1.82) is 0 Å². The molecular weight excluding hydrogens is 335 g/mol. The van der Waals surface area contributed by atoms with Crippen molar-refractivity contribution < 1.29 is 22.5 Å². The van der Waals surface area contributed by atoms with Crippen molar-refractivity contribution in [3.8, 4) is 11.4 Å². The van der Waals surface area contributed by atoms with Crippen molar-refractivity contribution in [2.24, 2.45) is 5.92 Å². The van der Waals surface area contributed by atoms with Crippen LogP contribution in [0.1, 0.15) is 32.2 Å². The maximum atomic E-state index is 12.8. The van der Waals surface area contributed by atoms with Gasteiger partial charge in [-0.1, -0.05) is 31.1 Å². The van der Waals surface area contributed by atoms with Crippen LogP contribution in [0.2, 0.25) is 0 Å². The molecule has 0 bridgehead atoms. The number of carbonyl (C=O) groups is 1. The number of nitrogens with zero attached hydrogens (tertiary/aromatic N) is 3. The van der Waals surface area contributed by atoms with E-state index in [0.717, 1.165) is 12.1 Å². The lowest BCUT2D eigenvalue weighted by Gasteiger charge is -2.22. The lowest BCUT2D eigenvalue weighted by atomic mass is 10.1. The maximum Gasteiger partial charge on any atom is 0.416 e. The summed E-state index contributed by atoms with van der Waals surface area (Å²) >= 11 is 0. The van der Waals surface area contributed by atoms with Gasteiger partial charge in [0, 0.05) is 32.0 Å². The van der Waals surface area contributed by atoms with E-state index in [2.05, 4.69) is 10.1 Å². The van der Waals surface area contributed by atoms with E-state index in [1.807, 2.05) is 13.8 Å². The SMILES string of the molecule is CC(=O)N(CCc1nc(-c2cccc(C(F)(F)F)c2)no1)CC(C)C. The normalized spacial score (nSPS) is 11.8. The van der Waals surface area contributed by atoms with Gasteiger partial charge in [0.25, 0.3) is 0 Å². The molecule has 0 unspecified atom stereocenters. The third-order valence-corrected chi connectivity index (χ3v) is 3.54. The van der Waals surface area contributed by atoms with Crippen molar-refractivity contribution in [2.45, 2.75) is 33.4 Å². The van der Waals surface area contributed by atoms with Gasteiger partial charge >= 0.3 is 6.18 Å². The van der Waals surface area contributed by atoms with Gasteiger partial charge in [-0.25, -0.2) is 0 Å². The lowest BCUT2D eigenvalue weighted by molar-refractivity contribution is -0.137. The average Bonchev–Trinajstić information content (AvgIpc) is 2.99. The molecule has 0 atom stereocenters. The van der Waals surface area contributed by atoms with Crippen LogP contribution in [0, 0.1) is 5.92 Å². The highest BCUT2D eigenvalue weighted by atomic mass is 19.4. The highest BCUT2D eigenvalue weighted by Gasteiger charge is 2.30. The molecule has 8 heteroatoms. The molecule has 136 valence electrons. The fourth-order valence-electron chi connectivity index (χ4n) is 2.36. The predicted molar refractivity (Wildman–Crippen MR) is 85.5 cm³/mol. The number of halogens is 3. The molecule has 25 heavy (non-hydrogen) atoms. The first-order valence-electron chi connectivity index (χ1n) is 7.92. The standard InChI is InChI=1S/C17H20F3N3O2/c1-11(2)10-23(12(3)24)8-7-15-21-16(22-25-15)13-5-4-6-14(9-13)17(18,19)20/h4-6,9,11H,7-8,10H2,1-3H3. The molecule has 1 aromatic carbocycles. The Morgan fingerprint density at radius 1 is 1.32 bits per heavy atom. The minimum absolute atomic E-state index is 0.0497. The van der Waals surface area contributed by atoms with Gasteiger partial charge in [-0.05, 0) is 18.1 Å². The molecule has 1 aromatic heterocycles. The number of rotatable bonds is 6. The molecule has 0 N–H and O–H groups in total. The minimum atomic E-state index is -4.43. The molecule has 2 rings (SSSR count). The molecule has 0 saturated carbocycles. The first-order chi connectivity index (χ1) is 11.7. The predicted octanol–water partition coefficient (Wildman–Crippen LogP) is 3.80. The summed E-state index contributed by atoms with van der Waals surface area (Å²) in [4.78, 5) is 17.4. The summed E-state index contributed by atoms with van der Waals surface area (Å²) < 4.78 is 43.4. The molecule has 0 radical (unpaired) electrons. The number of aromatic nitrogens is 2. The van der Waals surface area contributed by atoms with E-state index in [4.69, 9.17) is 4.52 Å². The molecule has 2 aromatic rings. The van der Waals surface area contributed by atoms with E-state index in [0.29, 0.717) is 25.4 Å². The van der Waals surface area contributed by atoms with Gasteiger partial charge in [-0.15, -0.1) is 0 Å². The topological polar surface area (TPSA) is 59.2 Å². The van der Waals surface area contributed by atoms with E-state index in [9.17, 15) is 18.0 Å². The zero-order valence-corrected chi connectivity index (χ0v) is 14.3. The summed E-state index contributed by atoms with van der Waals surface area (Å²) in [6, 6.07) is 4.76. The van der Waals surface area contributed by atoms with Crippen LogP contribution >= 0.6 is 0 Å². The highest BCUT2D eigenvalue weighted by Crippen LogP contribution is 2.31. The number of alkyl halides is 3. The molecule has 0 aliphatic heterocycles. The van der Waals surface area contributed by atoms with Crippen LogP contribution in [0.5, 0.6) is 0 Å². The van der Waals surface area contributed by atoms with Crippen LogP contribution in [0.3, 0.4) is 0 Å². The third-order valence-electron chi connectivity index (χ3n) is 3.54. The Morgan fingerprint density at radius 3 is 2.64 bits per heavy atom. The van der Waals surface area contributed by atoms with Crippen molar-refractivity contribution in [3.05, 3.63) is 35.7 Å². The maximum absolute atomic E-state index is 12.8. The molecule has 0 saturated heterocycles. The Morgan fingerprint density at radius 2 is 2.04 bits per heavy atom. The second-order valence-electron chi connectivity index (χ2n) is 6.20. The second kappa shape index (κ2) is 7.67. The van der Waals surface area contributed by atoms with Crippen LogP contribution in [0.4, 0.5) is 13.2 Å². The molecule has 5 nitrogen and oxygen atoms in total. The fraction of sp³-hybridized carbons (Fsp3) is 0.471. The Balaban J connectivity index is 2.09. The summed E-state index contributed by atoms with van der Waals surface area (Å²) in [5, 5.41) is 3.74. The van der Waals surface area contributed by atoms with Crippen LogP contribution in [0.25, 0.3) is 11.4 Å². The summed E-state index contributed by atoms with van der Waals surface area (Å²) in [7, 11) is 0. The van der Waals surface area contributed by atoms with Gasteiger partial charge in [0.1, 0.15) is 0 Å². The smallest absolute Gasteiger partial charge is 0.342 e. The van der Waals surface area contributed by atoms with Crippen molar-refractivity contribution >= 4 is 5.91 Å². The number of benzene rings is 1. The summed E-state index contributed by atoms with van der Waals surface area (Å²) in [6.45, 7) is 6.54. The van der Waals surface area contributed by atoms with Gasteiger partial charge < -0.3 is 9.42 Å². The first kappa shape index (κ1) is 19.0. The van der Waals surface area contributed by atoms with E-state index >= 15 is 0 Å². The molecule has 1 heterocycles. The quantitative estimate of drug-likeness (QED) is 0.791. The Kier molecular flexibility index (Phi) is 5.81. The summed E-state index contributed by atoms with van der Waals surface area (Å²) in [6.07, 6.45) is -4.08. The molecule has 0 aliphatic rings. The van der Waals surface area contributed by atoms with E-state index < -0.39 is 11.7 Å². The van der Waals surface area contributed by atoms with Gasteiger partial charge in [-0.3, -0.25) is 4.79 Å². The largest absolute Gasteiger partial charge is 0.416 e. The summed E-state index contributed by atoms with van der Waals surface area (Å²) in [5.41, 5.74) is -0.536. The molecule has 1 amide bonds. The molecule has 0 aliphatic carbocycles. The van der Waals surface area contributed by atoms with Crippen LogP contribution < -0.4 is 0 Å². The Bertz CT molecular complexity index is 726. The number of amides is 1. The van der Waals surface area contributed by atoms with Crippen molar-refractivity contribution in [2.75, 3.05) is 13.1 Å². The van der Waals surface area contributed by atoms with Crippen LogP contribution in [-0.2, 0) is 17.4 Å². The van der Waals surface area contributed by atoms with E-state index in [1.54, 1.807) is 4.90 Å². The van der Waals surface area contributed by atoms with Crippen molar-refractivity contribution in [3.63, 3.8) is 0 Å². The van der Waals surface area contributed by atoms with Gasteiger partial charge in [0.05, 0.1) is 5.56 Å². The highest BCUT2D eigenvalue weighted by molar-refractivity contribution is 5.73. The first-order valence-corrected chi connectivity index (χ1v) is 7.92. The number of hydrogen-bond donors (Lipinski definition) is 0. The zero-order chi connectivity index (χ0) is 18.6. The van der Waals surface area contributed by atoms with Crippen molar-refractivity contribution in [1.82, 2.24) is 15.0 Å². The average molecular weight is 355 g/mol. The number of carbonyl (C=O) groups excluding carboxylic acids is 1. The van der Waals surface area contributed by atoms with E-state index in [1.165, 1.54) is 19.1 Å². The van der Waals surface area contributed by atoms with Crippen LogP contribution in [0.15, 0.2) is 28.8 Å². The molecule has 0 fully saturated rings. The van der Waals surface area contributed by atoms with Gasteiger partial charge in [0.15, 0.2) is 0 Å². The third kappa shape index (κ3) is 5.30. The van der Waals surface area contributed by atoms with Crippen LogP contribution in [-0.4, -0.2) is 34.0 Å².